The summed E-state index contributed by atoms with van der Waals surface area (Å²) in [5.41, 5.74) is 4.97. The van der Waals surface area contributed by atoms with E-state index in [1.807, 2.05) is 13.8 Å². The summed E-state index contributed by atoms with van der Waals surface area (Å²) in [6.45, 7) is 5.16. The van der Waals surface area contributed by atoms with Crippen LogP contribution >= 0.6 is 7.37 Å². The van der Waals surface area contributed by atoms with Crippen LogP contribution in [0.4, 0.5) is 5.82 Å². The monoisotopic (exact) mass is 345 g/mol. The van der Waals surface area contributed by atoms with Gasteiger partial charge in [-0.25, -0.2) is 4.79 Å². The van der Waals surface area contributed by atoms with Crippen molar-refractivity contribution >= 4 is 13.2 Å². The molecular weight excluding hydrogens is 321 g/mol. The zero-order chi connectivity index (χ0) is 17.2. The maximum Gasteiger partial charge on any atom is 0.349 e. The number of aliphatic hydroxyl groups is 1. The molecule has 1 aromatic heterocycles. The molecule has 2 rings (SSSR count). The SMILES string of the molecule is CC(C)OP(C)(=O)CO[C@@H]1C[C@@H](O)[C@H](n2ccc(N)nc2=O)C1. The highest BCUT2D eigenvalue weighted by Crippen LogP contribution is 2.45. The van der Waals surface area contributed by atoms with Crippen LogP contribution in [0.3, 0.4) is 0 Å². The number of hydrogen-bond donors (Lipinski definition) is 2. The number of rotatable bonds is 6. The molecule has 9 heteroatoms. The van der Waals surface area contributed by atoms with Crippen molar-refractivity contribution in [1.29, 1.82) is 0 Å². The van der Waals surface area contributed by atoms with Crippen molar-refractivity contribution in [3.63, 3.8) is 0 Å². The lowest BCUT2D eigenvalue weighted by molar-refractivity contribution is 0.0678. The van der Waals surface area contributed by atoms with Crippen LogP contribution in [0, 0.1) is 0 Å². The predicted octanol–water partition coefficient (Wildman–Crippen LogP) is 1.20. The molecule has 0 spiro atoms. The van der Waals surface area contributed by atoms with Crippen molar-refractivity contribution < 1.29 is 18.9 Å². The fraction of sp³-hybridized carbons (Fsp3) is 0.714. The molecule has 1 unspecified atom stereocenters. The Kier molecular flexibility index (Phi) is 5.62. The Morgan fingerprint density at radius 2 is 2.22 bits per heavy atom. The first-order valence-corrected chi connectivity index (χ1v) is 9.83. The van der Waals surface area contributed by atoms with Gasteiger partial charge in [-0.2, -0.15) is 4.98 Å². The topological polar surface area (TPSA) is 117 Å². The van der Waals surface area contributed by atoms with E-state index >= 15 is 0 Å². The molecule has 1 aliphatic carbocycles. The van der Waals surface area contributed by atoms with E-state index < -0.39 is 25.2 Å². The lowest BCUT2D eigenvalue weighted by atomic mass is 10.2. The highest BCUT2D eigenvalue weighted by atomic mass is 31.2. The number of aliphatic hydroxyl groups excluding tert-OH is 1. The third-order valence-electron chi connectivity index (χ3n) is 3.64. The van der Waals surface area contributed by atoms with Gasteiger partial charge in [0.05, 0.1) is 24.4 Å². The molecule has 130 valence electrons. The zero-order valence-electron chi connectivity index (χ0n) is 13.6. The summed E-state index contributed by atoms with van der Waals surface area (Å²) in [5.74, 6) is 0.143. The molecule has 0 radical (unpaired) electrons. The van der Waals surface area contributed by atoms with E-state index in [0.717, 1.165) is 0 Å². The number of ether oxygens (including phenoxy) is 1. The van der Waals surface area contributed by atoms with Gasteiger partial charge in [0, 0.05) is 19.3 Å². The molecule has 1 heterocycles. The van der Waals surface area contributed by atoms with Gasteiger partial charge >= 0.3 is 5.69 Å². The Hall–Kier alpha value is -1.21. The Morgan fingerprint density at radius 1 is 1.52 bits per heavy atom. The van der Waals surface area contributed by atoms with E-state index in [-0.39, 0.29) is 24.4 Å². The number of hydrogen-bond acceptors (Lipinski definition) is 7. The van der Waals surface area contributed by atoms with Gasteiger partial charge in [-0.1, -0.05) is 0 Å². The molecule has 0 aliphatic heterocycles. The highest BCUT2D eigenvalue weighted by Gasteiger charge is 2.36. The summed E-state index contributed by atoms with van der Waals surface area (Å²) in [6, 6.07) is 1.09. The van der Waals surface area contributed by atoms with Crippen molar-refractivity contribution in [3.05, 3.63) is 22.7 Å². The molecule has 1 aliphatic rings. The molecule has 1 fully saturated rings. The lowest BCUT2D eigenvalue weighted by Gasteiger charge is -2.19. The second-order valence-corrected chi connectivity index (χ2v) is 8.73. The molecular formula is C14H24N3O5P. The Morgan fingerprint density at radius 3 is 2.83 bits per heavy atom. The van der Waals surface area contributed by atoms with Crippen molar-refractivity contribution in [2.24, 2.45) is 0 Å². The van der Waals surface area contributed by atoms with Crippen LogP contribution in [0.2, 0.25) is 0 Å². The molecule has 0 aromatic carbocycles. The van der Waals surface area contributed by atoms with Crippen molar-refractivity contribution in [3.8, 4) is 0 Å². The van der Waals surface area contributed by atoms with E-state index in [2.05, 4.69) is 4.98 Å². The maximum atomic E-state index is 12.2. The largest absolute Gasteiger partial charge is 0.391 e. The molecule has 0 amide bonds. The fourth-order valence-electron chi connectivity index (χ4n) is 2.78. The van der Waals surface area contributed by atoms with Gasteiger partial charge in [0.25, 0.3) is 0 Å². The molecule has 0 bridgehead atoms. The molecule has 1 saturated carbocycles. The summed E-state index contributed by atoms with van der Waals surface area (Å²) in [7, 11) is -2.83. The standard InChI is InChI=1S/C14H24N3O5P/c1-9(2)22-23(3,20)8-21-10-6-11(12(18)7-10)17-5-4-13(15)16-14(17)19/h4-5,9-12,18H,6-8H2,1-3H3,(H2,15,16,19)/t10-,11+,12+,23?/m0/s1. The third-order valence-corrected chi connectivity index (χ3v) is 5.13. The van der Waals surface area contributed by atoms with Gasteiger partial charge < -0.3 is 20.1 Å². The summed E-state index contributed by atoms with van der Waals surface area (Å²) in [4.78, 5) is 15.5. The van der Waals surface area contributed by atoms with Gasteiger partial charge in [0.1, 0.15) is 12.2 Å². The first-order chi connectivity index (χ1) is 10.7. The molecule has 0 saturated heterocycles. The van der Waals surface area contributed by atoms with Crippen molar-refractivity contribution in [2.45, 2.75) is 51.0 Å². The van der Waals surface area contributed by atoms with Crippen molar-refractivity contribution in [1.82, 2.24) is 9.55 Å². The Balaban J connectivity index is 1.99. The first kappa shape index (κ1) is 18.1. The van der Waals surface area contributed by atoms with Gasteiger partial charge in [0.2, 0.25) is 7.37 Å². The fourth-order valence-corrected chi connectivity index (χ4v) is 4.21. The van der Waals surface area contributed by atoms with Gasteiger partial charge in [0.15, 0.2) is 0 Å². The molecule has 8 nitrogen and oxygen atoms in total. The molecule has 3 N–H and O–H groups in total. The second kappa shape index (κ2) is 7.13. The van der Waals surface area contributed by atoms with E-state index in [9.17, 15) is 14.5 Å². The smallest absolute Gasteiger partial charge is 0.349 e. The minimum absolute atomic E-state index is 0.00975. The summed E-state index contributed by atoms with van der Waals surface area (Å²) in [5, 5.41) is 10.2. The zero-order valence-corrected chi connectivity index (χ0v) is 14.5. The number of nitrogens with zero attached hydrogens (tertiary/aromatic N) is 2. The van der Waals surface area contributed by atoms with E-state index in [4.69, 9.17) is 15.0 Å². The minimum atomic E-state index is -2.83. The predicted molar refractivity (Wildman–Crippen MR) is 86.7 cm³/mol. The molecule has 4 atom stereocenters. The normalized spacial score (nSPS) is 27.3. The van der Waals surface area contributed by atoms with Gasteiger partial charge in [-0.15, -0.1) is 0 Å². The number of anilines is 1. The summed E-state index contributed by atoms with van der Waals surface area (Å²) in [6.07, 6.45) is 1.15. The van der Waals surface area contributed by atoms with Gasteiger partial charge in [-0.3, -0.25) is 9.13 Å². The average molecular weight is 345 g/mol. The summed E-state index contributed by atoms with van der Waals surface area (Å²) >= 11 is 0. The van der Waals surface area contributed by atoms with Crippen LogP contribution in [0.15, 0.2) is 17.1 Å². The van der Waals surface area contributed by atoms with Crippen LogP contribution in [0.5, 0.6) is 0 Å². The average Bonchev–Trinajstić information content (AvgIpc) is 2.76. The Bertz CT molecular complexity index is 648. The number of nitrogen functional groups attached to an aromatic ring is 1. The van der Waals surface area contributed by atoms with Crippen molar-refractivity contribution in [2.75, 3.05) is 18.7 Å². The first-order valence-electron chi connectivity index (χ1n) is 7.57. The Labute approximate surface area is 135 Å². The maximum absolute atomic E-state index is 12.2. The molecule has 1 aromatic rings. The van der Waals surface area contributed by atoms with E-state index in [1.165, 1.54) is 23.5 Å². The molecule has 23 heavy (non-hydrogen) atoms. The van der Waals surface area contributed by atoms with Crippen LogP contribution in [0.1, 0.15) is 32.7 Å². The second-order valence-electron chi connectivity index (χ2n) is 6.23. The van der Waals surface area contributed by atoms with Gasteiger partial charge in [-0.05, 0) is 26.3 Å². The van der Waals surface area contributed by atoms with E-state index in [0.29, 0.717) is 12.8 Å². The number of aromatic nitrogens is 2. The minimum Gasteiger partial charge on any atom is -0.391 e. The lowest BCUT2D eigenvalue weighted by Crippen LogP contribution is -2.30. The van der Waals surface area contributed by atoms with Crippen LogP contribution in [-0.4, -0.2) is 46.0 Å². The third kappa shape index (κ3) is 4.88. The van der Waals surface area contributed by atoms with E-state index in [1.54, 1.807) is 0 Å². The number of nitrogens with two attached hydrogens (primary N) is 1. The van der Waals surface area contributed by atoms with Crippen LogP contribution in [-0.2, 0) is 13.8 Å². The van der Waals surface area contributed by atoms with Crippen LogP contribution < -0.4 is 11.4 Å². The highest BCUT2D eigenvalue weighted by molar-refractivity contribution is 7.57. The quantitative estimate of drug-likeness (QED) is 0.744. The summed E-state index contributed by atoms with van der Waals surface area (Å²) < 4.78 is 24.6. The van der Waals surface area contributed by atoms with Crippen LogP contribution in [0.25, 0.3) is 0 Å².